The maximum Gasteiger partial charge on any atom is 0.251 e. The van der Waals surface area contributed by atoms with Crippen LogP contribution in [0.2, 0.25) is 0 Å². The standard InChI is InChI=1S/C10H13F3N2O2S/c1-14-5-7-2-3-8(11)9(4-7)18(16,17)15-6-10(12)13/h2-4,10,14-15H,5-6H2,1H3. The molecule has 0 atom stereocenters. The number of halogens is 3. The van der Waals surface area contributed by atoms with Crippen LogP contribution in [0, 0.1) is 5.82 Å². The molecule has 2 N–H and O–H groups in total. The maximum atomic E-state index is 13.4. The molecule has 4 nitrogen and oxygen atoms in total. The lowest BCUT2D eigenvalue weighted by atomic mass is 10.2. The second kappa shape index (κ2) is 6.17. The molecule has 1 rings (SSSR count). The van der Waals surface area contributed by atoms with Crippen LogP contribution in [0.15, 0.2) is 23.1 Å². The zero-order valence-corrected chi connectivity index (χ0v) is 10.4. The normalized spacial score (nSPS) is 12.1. The number of alkyl halides is 2. The zero-order valence-electron chi connectivity index (χ0n) is 9.58. The minimum Gasteiger partial charge on any atom is -0.316 e. The maximum absolute atomic E-state index is 13.4. The third kappa shape index (κ3) is 3.97. The van der Waals surface area contributed by atoms with Crippen molar-refractivity contribution in [3.05, 3.63) is 29.6 Å². The van der Waals surface area contributed by atoms with E-state index >= 15 is 0 Å². The molecule has 0 aromatic heterocycles. The van der Waals surface area contributed by atoms with Crippen LogP contribution in [0.1, 0.15) is 5.56 Å². The van der Waals surface area contributed by atoms with E-state index in [1.54, 1.807) is 11.8 Å². The topological polar surface area (TPSA) is 58.2 Å². The van der Waals surface area contributed by atoms with Crippen LogP contribution in [-0.4, -0.2) is 28.4 Å². The summed E-state index contributed by atoms with van der Waals surface area (Å²) in [4.78, 5) is -0.629. The van der Waals surface area contributed by atoms with Crippen molar-refractivity contribution < 1.29 is 21.6 Å². The van der Waals surface area contributed by atoms with Gasteiger partial charge in [0.05, 0.1) is 6.54 Å². The van der Waals surface area contributed by atoms with Gasteiger partial charge in [-0.15, -0.1) is 0 Å². The molecule has 0 saturated heterocycles. The van der Waals surface area contributed by atoms with Crippen LogP contribution < -0.4 is 10.0 Å². The first-order valence-electron chi connectivity index (χ1n) is 5.07. The second-order valence-electron chi connectivity index (χ2n) is 3.54. The Morgan fingerprint density at radius 2 is 2.00 bits per heavy atom. The van der Waals surface area contributed by atoms with Gasteiger partial charge in [0.25, 0.3) is 6.43 Å². The van der Waals surface area contributed by atoms with E-state index in [0.29, 0.717) is 12.1 Å². The summed E-state index contributed by atoms with van der Waals surface area (Å²) in [5.41, 5.74) is 0.538. The van der Waals surface area contributed by atoms with Gasteiger partial charge in [0.1, 0.15) is 10.7 Å². The molecule has 1 aromatic rings. The lowest BCUT2D eigenvalue weighted by Gasteiger charge is -2.09. The molecule has 0 amide bonds. The fourth-order valence-electron chi connectivity index (χ4n) is 1.32. The first-order chi connectivity index (χ1) is 8.36. The quantitative estimate of drug-likeness (QED) is 0.821. The zero-order chi connectivity index (χ0) is 13.8. The molecular weight excluding hydrogens is 269 g/mol. The Kier molecular flexibility index (Phi) is 5.12. The van der Waals surface area contributed by atoms with Gasteiger partial charge < -0.3 is 5.32 Å². The van der Waals surface area contributed by atoms with E-state index in [9.17, 15) is 21.6 Å². The predicted octanol–water partition coefficient (Wildman–Crippen LogP) is 1.09. The summed E-state index contributed by atoms with van der Waals surface area (Å²) >= 11 is 0. The Morgan fingerprint density at radius 1 is 1.33 bits per heavy atom. The fourth-order valence-corrected chi connectivity index (χ4v) is 2.45. The monoisotopic (exact) mass is 282 g/mol. The van der Waals surface area contributed by atoms with Gasteiger partial charge in [-0.25, -0.2) is 26.3 Å². The number of nitrogens with one attached hydrogen (secondary N) is 2. The molecule has 0 heterocycles. The molecule has 0 saturated carbocycles. The molecule has 0 radical (unpaired) electrons. The summed E-state index contributed by atoms with van der Waals surface area (Å²) in [6.45, 7) is -0.699. The van der Waals surface area contributed by atoms with E-state index in [1.165, 1.54) is 6.07 Å². The van der Waals surface area contributed by atoms with Crippen LogP contribution in [0.5, 0.6) is 0 Å². The average Bonchev–Trinajstić information content (AvgIpc) is 2.29. The molecular formula is C10H13F3N2O2S. The van der Waals surface area contributed by atoms with E-state index in [-0.39, 0.29) is 0 Å². The van der Waals surface area contributed by atoms with Crippen molar-refractivity contribution in [2.75, 3.05) is 13.6 Å². The minimum absolute atomic E-state index is 0.345. The Morgan fingerprint density at radius 3 is 2.56 bits per heavy atom. The number of hydrogen-bond acceptors (Lipinski definition) is 3. The third-order valence-electron chi connectivity index (χ3n) is 2.09. The van der Waals surface area contributed by atoms with Gasteiger partial charge in [0.15, 0.2) is 0 Å². The predicted molar refractivity (Wildman–Crippen MR) is 60.4 cm³/mol. The SMILES string of the molecule is CNCc1ccc(F)c(S(=O)(=O)NCC(F)F)c1. The number of sulfonamides is 1. The highest BCUT2D eigenvalue weighted by Gasteiger charge is 2.20. The summed E-state index contributed by atoms with van der Waals surface area (Å²) in [6, 6.07) is 3.52. The molecule has 0 fully saturated rings. The highest BCUT2D eigenvalue weighted by Crippen LogP contribution is 2.16. The van der Waals surface area contributed by atoms with Crippen LogP contribution in [0.3, 0.4) is 0 Å². The summed E-state index contributed by atoms with van der Waals surface area (Å²) in [7, 11) is -2.61. The average molecular weight is 282 g/mol. The van der Waals surface area contributed by atoms with Crippen molar-refractivity contribution in [3.63, 3.8) is 0 Å². The van der Waals surface area contributed by atoms with Crippen molar-refractivity contribution in [1.82, 2.24) is 10.0 Å². The molecule has 8 heteroatoms. The van der Waals surface area contributed by atoms with Crippen molar-refractivity contribution in [2.24, 2.45) is 0 Å². The molecule has 0 aliphatic heterocycles. The highest BCUT2D eigenvalue weighted by atomic mass is 32.2. The van der Waals surface area contributed by atoms with Crippen molar-refractivity contribution >= 4 is 10.0 Å². The number of rotatable bonds is 6. The lowest BCUT2D eigenvalue weighted by molar-refractivity contribution is 0.153. The Bertz CT molecular complexity index is 506. The van der Waals surface area contributed by atoms with Crippen molar-refractivity contribution in [1.29, 1.82) is 0 Å². The molecule has 0 aliphatic rings. The largest absolute Gasteiger partial charge is 0.316 e. The Hall–Kier alpha value is -1.12. The van der Waals surface area contributed by atoms with Crippen LogP contribution in [0.25, 0.3) is 0 Å². The molecule has 18 heavy (non-hydrogen) atoms. The van der Waals surface area contributed by atoms with Crippen molar-refractivity contribution in [2.45, 2.75) is 17.9 Å². The minimum atomic E-state index is -4.26. The van der Waals surface area contributed by atoms with Gasteiger partial charge in [0, 0.05) is 6.54 Å². The lowest BCUT2D eigenvalue weighted by Crippen LogP contribution is -2.29. The van der Waals surface area contributed by atoms with E-state index in [2.05, 4.69) is 5.32 Å². The second-order valence-corrected chi connectivity index (χ2v) is 5.27. The smallest absolute Gasteiger partial charge is 0.251 e. The molecule has 0 aliphatic carbocycles. The van der Waals surface area contributed by atoms with Gasteiger partial charge in [0.2, 0.25) is 10.0 Å². The first-order valence-corrected chi connectivity index (χ1v) is 6.56. The molecule has 102 valence electrons. The number of hydrogen-bond donors (Lipinski definition) is 2. The Labute approximate surface area is 103 Å². The summed E-state index contributed by atoms with van der Waals surface area (Å²) in [5, 5.41) is 2.77. The van der Waals surface area contributed by atoms with Crippen molar-refractivity contribution in [3.8, 4) is 0 Å². The molecule has 0 bridgehead atoms. The number of benzene rings is 1. The van der Waals surface area contributed by atoms with Gasteiger partial charge in [-0.1, -0.05) is 6.07 Å². The van der Waals surface area contributed by atoms with E-state index in [1.807, 2.05) is 0 Å². The molecule has 0 unspecified atom stereocenters. The van der Waals surface area contributed by atoms with E-state index in [0.717, 1.165) is 12.1 Å². The fraction of sp³-hybridized carbons (Fsp3) is 0.400. The van der Waals surface area contributed by atoms with E-state index in [4.69, 9.17) is 0 Å². The van der Waals surface area contributed by atoms with Gasteiger partial charge in [-0.3, -0.25) is 0 Å². The summed E-state index contributed by atoms with van der Waals surface area (Å²) in [6.07, 6.45) is -2.83. The highest BCUT2D eigenvalue weighted by molar-refractivity contribution is 7.89. The Balaban J connectivity index is 3.03. The first kappa shape index (κ1) is 14.9. The van der Waals surface area contributed by atoms with Crippen LogP contribution in [0.4, 0.5) is 13.2 Å². The molecule has 1 aromatic carbocycles. The van der Waals surface area contributed by atoms with Crippen LogP contribution in [-0.2, 0) is 16.6 Å². The van der Waals surface area contributed by atoms with E-state index < -0.39 is 33.7 Å². The summed E-state index contributed by atoms with van der Waals surface area (Å²) < 4.78 is 62.2. The van der Waals surface area contributed by atoms with Crippen LogP contribution >= 0.6 is 0 Å². The molecule has 0 spiro atoms. The van der Waals surface area contributed by atoms with Gasteiger partial charge in [-0.05, 0) is 24.7 Å². The van der Waals surface area contributed by atoms with Gasteiger partial charge >= 0.3 is 0 Å². The third-order valence-corrected chi connectivity index (χ3v) is 3.53. The van der Waals surface area contributed by atoms with Gasteiger partial charge in [-0.2, -0.15) is 0 Å². The summed E-state index contributed by atoms with van der Waals surface area (Å²) in [5.74, 6) is -0.975.